The Morgan fingerprint density at radius 1 is 0.574 bits per heavy atom. The average molecular weight is 1600 g/mol. The summed E-state index contributed by atoms with van der Waals surface area (Å²) in [6.45, 7) is 6.02. The summed E-state index contributed by atoms with van der Waals surface area (Å²) in [6.07, 6.45) is 8.69. The smallest absolute Gasteiger partial charge is 0.322 e. The van der Waals surface area contributed by atoms with Crippen LogP contribution in [0.3, 0.4) is 0 Å². The van der Waals surface area contributed by atoms with Gasteiger partial charge in [0.2, 0.25) is 70.9 Å². The fourth-order valence-corrected chi connectivity index (χ4v) is 12.9. The number of likely N-dealkylation sites (tertiary alicyclic amines) is 1. The molecule has 19 N–H and O–H groups in total. The van der Waals surface area contributed by atoms with Crippen molar-refractivity contribution in [2.75, 3.05) is 30.3 Å². The van der Waals surface area contributed by atoms with Gasteiger partial charge in [-0.2, -0.15) is 0 Å². The van der Waals surface area contributed by atoms with Crippen molar-refractivity contribution in [3.8, 4) is 12.3 Å². The van der Waals surface area contributed by atoms with E-state index >= 15 is 4.79 Å². The number of aliphatic hydroxyl groups excluding tert-OH is 1. The van der Waals surface area contributed by atoms with Gasteiger partial charge in [0.15, 0.2) is 6.04 Å². The van der Waals surface area contributed by atoms with Crippen molar-refractivity contribution in [3.05, 3.63) is 173 Å². The SMILES string of the molecule is C#CC(NC(=O)[C@H](Cc1ccc(NC(N)=O)cc1)NC(=O)[C@H](Cc1ccc(NC(=O)[C@@H]2CC(=O)NC(=O)N2)cc1)NC(=O)[C@H](CO)NC(=O)[C@H](Cc1cccnc1)NC(=O)[C@@H](Cc1ccc(Cl)cc1)NC(=O)[C@@H](Cc1ccc2ccccc2c1)NC(C)=O)C(=O)N[C@@H](CCCCNC(C)C)C(=O)N1CCC[C@H]1C(=O)N[C@H](C)C(N)=O. The molecule has 2 saturated heterocycles. The normalized spacial score (nSPS) is 16.1. The van der Waals surface area contributed by atoms with Gasteiger partial charge in [-0.25, -0.2) is 9.59 Å². The number of primary amides is 2. The minimum atomic E-state index is -1.94. The third-order valence-corrected chi connectivity index (χ3v) is 19.1. The molecular formula is C80H95ClN18O16. The predicted octanol–water partition coefficient (Wildman–Crippen LogP) is 0.102. The second-order valence-electron chi connectivity index (χ2n) is 28.2. The van der Waals surface area contributed by atoms with Crippen LogP contribution in [0.4, 0.5) is 21.0 Å². The Balaban J connectivity index is 1.08. The maximum absolute atomic E-state index is 15.3. The molecule has 2 aliphatic rings. The second-order valence-corrected chi connectivity index (χ2v) is 28.6. The molecule has 2 aliphatic heterocycles. The molecule has 0 radical (unpaired) electrons. The number of amides is 17. The van der Waals surface area contributed by atoms with E-state index in [1.165, 1.54) is 79.7 Å². The van der Waals surface area contributed by atoms with Gasteiger partial charge in [-0.1, -0.05) is 116 Å². The minimum absolute atomic E-state index is 0.00179. The van der Waals surface area contributed by atoms with E-state index in [2.05, 4.69) is 80.0 Å². The molecule has 3 heterocycles. The molecule has 34 nitrogen and oxygen atoms in total. The number of unbranched alkanes of at least 4 members (excludes halogenated alkanes) is 1. The molecular weight excluding hydrogens is 1500 g/mol. The lowest BCUT2D eigenvalue weighted by molar-refractivity contribution is -0.142. The third-order valence-electron chi connectivity index (χ3n) is 18.8. The fraction of sp³-hybridized carbons (Fsp3) is 0.375. The Hall–Kier alpha value is -12.9. The van der Waals surface area contributed by atoms with Crippen LogP contribution in [-0.2, 0) is 94.4 Å². The number of hydrogen-bond acceptors (Lipinski definition) is 18. The van der Waals surface area contributed by atoms with E-state index in [0.717, 1.165) is 10.8 Å². The molecule has 35 heteroatoms. The first-order valence-electron chi connectivity index (χ1n) is 37.3. The topological polar surface area (TPSA) is 513 Å². The molecule has 0 spiro atoms. The standard InChI is InChI=1S/C80H95ClN18O16/c1-6-57(69(104)91-58(16-9-10-33-85-44(2)3)78(113)99-34-12-17-66(99)77(112)86-45(4)68(82)103)90-72(107)60(37-49-23-30-56(31-24-49)89-79(83)114)93-74(109)62(38-48-21-28-55(29-22-48)88-70(105)64-41-67(102)98-80(115)97-64)95-76(111)65(43-100)96-75(110)63(40-51-13-11-32-84-42-51)94-73(108)61(36-47-19-26-54(81)27-20-47)92-71(106)59(87-46(5)101)39-50-18-25-52-14-7-8-15-53(52)35-50/h1,7-8,11,13-15,18-32,35,42,44-45,57-66,85,100H,9-10,12,16-17,33-34,36-41,43H2,2-5H3,(H2,82,103)(H,86,112)(H,87,101)(H,88,105)(H,90,107)(H,91,104)(H,92,106)(H,93,109)(H,94,108)(H,95,111)(H,96,110)(H3,83,89,114)(H2,97,98,102,115)/t45-,57?,58+,59-,60+,61-,62+,63+,64+,65+,66+/m1/s1. The number of pyridine rings is 1. The van der Waals surface area contributed by atoms with Crippen molar-refractivity contribution < 1.29 is 77.0 Å². The van der Waals surface area contributed by atoms with Gasteiger partial charge in [0.05, 0.1) is 13.0 Å². The molecule has 0 aliphatic carbocycles. The zero-order valence-electron chi connectivity index (χ0n) is 63.7. The number of fused-ring (bicyclic) bond motifs is 1. The Labute approximate surface area is 667 Å². The number of carbonyl (C=O) groups is 15. The zero-order chi connectivity index (χ0) is 83.4. The molecule has 8 rings (SSSR count). The average Bonchev–Trinajstić information content (AvgIpc) is 0.893. The zero-order valence-corrected chi connectivity index (χ0v) is 64.4. The first-order chi connectivity index (χ1) is 54.9. The lowest BCUT2D eigenvalue weighted by Gasteiger charge is -2.30. The highest BCUT2D eigenvalue weighted by atomic mass is 35.5. The molecule has 0 saturated carbocycles. The third kappa shape index (κ3) is 27.2. The highest BCUT2D eigenvalue weighted by Gasteiger charge is 2.41. The molecule has 6 aromatic rings. The van der Waals surface area contributed by atoms with E-state index in [4.69, 9.17) is 29.5 Å². The van der Waals surface area contributed by atoms with Gasteiger partial charge in [0, 0.05) is 80.4 Å². The monoisotopic (exact) mass is 1600 g/mol. The fourth-order valence-electron chi connectivity index (χ4n) is 12.8. The van der Waals surface area contributed by atoms with Crippen LogP contribution in [0.15, 0.2) is 140 Å². The Morgan fingerprint density at radius 3 is 1.60 bits per heavy atom. The van der Waals surface area contributed by atoms with Crippen LogP contribution in [0, 0.1) is 12.3 Å². The minimum Gasteiger partial charge on any atom is -0.394 e. The molecule has 17 amide bonds. The maximum Gasteiger partial charge on any atom is 0.322 e. The Kier molecular flexibility index (Phi) is 32.6. The lowest BCUT2D eigenvalue weighted by atomic mass is 9.99. The summed E-state index contributed by atoms with van der Waals surface area (Å²) in [7, 11) is 0. The van der Waals surface area contributed by atoms with Gasteiger partial charge in [-0.15, -0.1) is 6.42 Å². The van der Waals surface area contributed by atoms with Crippen molar-refractivity contribution in [2.45, 2.75) is 171 Å². The summed E-state index contributed by atoms with van der Waals surface area (Å²) in [5.74, 6) is -9.12. The highest BCUT2D eigenvalue weighted by molar-refractivity contribution is 6.30. The van der Waals surface area contributed by atoms with Crippen LogP contribution < -0.4 is 85.9 Å². The van der Waals surface area contributed by atoms with Gasteiger partial charge in [0.1, 0.15) is 60.4 Å². The number of rotatable bonds is 39. The summed E-state index contributed by atoms with van der Waals surface area (Å²) >= 11 is 6.25. The van der Waals surface area contributed by atoms with Crippen molar-refractivity contribution >= 4 is 123 Å². The van der Waals surface area contributed by atoms with E-state index < -0.39 is 175 Å². The molecule has 1 aromatic heterocycles. The van der Waals surface area contributed by atoms with E-state index in [9.17, 15) is 72.2 Å². The molecule has 608 valence electrons. The number of urea groups is 2. The number of aromatic nitrogens is 1. The number of imide groups is 1. The summed E-state index contributed by atoms with van der Waals surface area (Å²) in [5, 5.41) is 49.4. The van der Waals surface area contributed by atoms with Crippen LogP contribution in [0.2, 0.25) is 5.02 Å². The van der Waals surface area contributed by atoms with Gasteiger partial charge in [0.25, 0.3) is 5.91 Å². The number of nitrogens with zero attached hydrogens (tertiary/aromatic N) is 2. The van der Waals surface area contributed by atoms with Crippen molar-refractivity contribution in [1.29, 1.82) is 0 Å². The molecule has 11 atom stereocenters. The number of carbonyl (C=O) groups excluding carboxylic acids is 15. The molecule has 1 unspecified atom stereocenters. The van der Waals surface area contributed by atoms with Crippen molar-refractivity contribution in [3.63, 3.8) is 0 Å². The maximum atomic E-state index is 15.3. The van der Waals surface area contributed by atoms with Crippen LogP contribution in [0.1, 0.15) is 94.0 Å². The van der Waals surface area contributed by atoms with Crippen LogP contribution in [-0.4, -0.2) is 196 Å². The highest BCUT2D eigenvalue weighted by Crippen LogP contribution is 2.23. The number of terminal acetylenes is 1. The van der Waals surface area contributed by atoms with Gasteiger partial charge >= 0.3 is 12.1 Å². The van der Waals surface area contributed by atoms with Crippen molar-refractivity contribution in [2.24, 2.45) is 11.5 Å². The van der Waals surface area contributed by atoms with Gasteiger partial charge in [-0.05, 0) is 127 Å². The van der Waals surface area contributed by atoms with Crippen molar-refractivity contribution in [1.82, 2.24) is 73.7 Å². The summed E-state index contributed by atoms with van der Waals surface area (Å²) in [6, 6.07) is 16.1. The number of anilines is 2. The number of nitrogens with one attached hydrogen (secondary N) is 14. The number of benzene rings is 5. The van der Waals surface area contributed by atoms with E-state index in [1.54, 1.807) is 42.5 Å². The number of aliphatic hydroxyl groups is 1. The number of halogens is 1. The first-order valence-corrected chi connectivity index (χ1v) is 37.7. The van der Waals surface area contributed by atoms with E-state index in [1.807, 2.05) is 55.6 Å². The molecule has 5 aromatic carbocycles. The Morgan fingerprint density at radius 2 is 1.08 bits per heavy atom. The summed E-state index contributed by atoms with van der Waals surface area (Å²) in [5.41, 5.74) is 13.3. The quantitative estimate of drug-likeness (QED) is 0.0180. The molecule has 2 fully saturated rings. The van der Waals surface area contributed by atoms with Crippen LogP contribution in [0.25, 0.3) is 10.8 Å². The molecule has 115 heavy (non-hydrogen) atoms. The Bertz CT molecular complexity index is 4550. The lowest BCUT2D eigenvalue weighted by Crippen LogP contribution is -2.61. The predicted molar refractivity (Wildman–Crippen MR) is 424 cm³/mol. The van der Waals surface area contributed by atoms with E-state index in [-0.39, 0.29) is 68.0 Å². The summed E-state index contributed by atoms with van der Waals surface area (Å²) < 4.78 is 0. The van der Waals surface area contributed by atoms with E-state index in [0.29, 0.717) is 53.1 Å². The summed E-state index contributed by atoms with van der Waals surface area (Å²) in [4.78, 5) is 212. The number of hydrogen-bond donors (Lipinski definition) is 17. The molecule has 0 bridgehead atoms. The second kappa shape index (κ2) is 42.7. The first kappa shape index (κ1) is 87.7. The van der Waals surface area contributed by atoms with Crippen LogP contribution in [0.5, 0.6) is 0 Å². The van der Waals surface area contributed by atoms with Crippen LogP contribution >= 0.6 is 11.6 Å². The van der Waals surface area contributed by atoms with Gasteiger partial charge in [-0.3, -0.25) is 72.6 Å². The largest absolute Gasteiger partial charge is 0.394 e. The van der Waals surface area contributed by atoms with Gasteiger partial charge < -0.3 is 90.6 Å². The number of nitrogens with two attached hydrogens (primary N) is 2.